The number of hydrogen-bond donors (Lipinski definition) is 3. The summed E-state index contributed by atoms with van der Waals surface area (Å²) in [7, 11) is -3.94. The van der Waals surface area contributed by atoms with Crippen LogP contribution in [-0.4, -0.2) is 25.3 Å². The first kappa shape index (κ1) is 23.3. The highest BCUT2D eigenvalue weighted by Gasteiger charge is 2.31. The number of sulfone groups is 1. The van der Waals surface area contributed by atoms with Gasteiger partial charge < -0.3 is 15.7 Å². The minimum Gasteiger partial charge on any atom is -0.508 e. The molecular formula is C28H22N2O5S. The molecule has 4 aromatic carbocycles. The fourth-order valence-corrected chi connectivity index (χ4v) is 5.77. The van der Waals surface area contributed by atoms with Crippen LogP contribution in [0.15, 0.2) is 101 Å². The molecule has 36 heavy (non-hydrogen) atoms. The third kappa shape index (κ3) is 4.23. The molecule has 0 spiro atoms. The van der Waals surface area contributed by atoms with E-state index in [4.69, 9.17) is 0 Å². The summed E-state index contributed by atoms with van der Waals surface area (Å²) < 4.78 is 26.3. The molecule has 180 valence electrons. The van der Waals surface area contributed by atoms with Gasteiger partial charge in [-0.2, -0.15) is 0 Å². The second-order valence-corrected chi connectivity index (χ2v) is 10.4. The van der Waals surface area contributed by atoms with Crippen molar-refractivity contribution in [1.29, 1.82) is 0 Å². The van der Waals surface area contributed by atoms with E-state index in [1.165, 1.54) is 30.3 Å². The number of fused-ring (bicyclic) bond motifs is 2. The van der Waals surface area contributed by atoms with Crippen molar-refractivity contribution in [2.45, 2.75) is 22.8 Å². The molecule has 0 unspecified atom stereocenters. The maximum Gasteiger partial charge on any atom is 0.257 e. The predicted molar refractivity (Wildman–Crippen MR) is 136 cm³/mol. The normalized spacial score (nSPS) is 14.5. The number of phenols is 1. The second kappa shape index (κ2) is 8.98. The Labute approximate surface area is 208 Å². The van der Waals surface area contributed by atoms with Crippen LogP contribution in [0.1, 0.15) is 39.2 Å². The largest absolute Gasteiger partial charge is 0.508 e. The summed E-state index contributed by atoms with van der Waals surface area (Å²) >= 11 is 0. The first-order chi connectivity index (χ1) is 17.2. The lowest BCUT2D eigenvalue weighted by Crippen LogP contribution is -2.26. The molecule has 0 bridgehead atoms. The number of aromatic hydroxyl groups is 1. The summed E-state index contributed by atoms with van der Waals surface area (Å²) in [6, 6.07) is 24.4. The van der Waals surface area contributed by atoms with Crippen LogP contribution in [0.3, 0.4) is 0 Å². The van der Waals surface area contributed by atoms with Gasteiger partial charge in [-0.15, -0.1) is 0 Å². The van der Waals surface area contributed by atoms with Crippen molar-refractivity contribution in [2.24, 2.45) is 0 Å². The van der Waals surface area contributed by atoms with Gasteiger partial charge in [0, 0.05) is 5.56 Å². The van der Waals surface area contributed by atoms with Gasteiger partial charge in [-0.1, -0.05) is 48.5 Å². The van der Waals surface area contributed by atoms with Crippen molar-refractivity contribution in [1.82, 2.24) is 5.32 Å². The van der Waals surface area contributed by atoms with Gasteiger partial charge in [-0.3, -0.25) is 9.59 Å². The molecule has 0 radical (unpaired) electrons. The standard InChI is InChI=1S/C28H22N2O5S/c1-17(18-6-8-19(9-7-18)20-10-13-22(31)14-11-20)29-27(32)21-12-15-26-24(16-21)30-28(33)23-4-2-3-5-25(23)36(26,34)35/h2-17,31H,1H3,(H,29,32)(H,30,33)/t17-/m1/s1. The van der Waals surface area contributed by atoms with Gasteiger partial charge in [0.2, 0.25) is 9.84 Å². The number of phenolic OH excluding ortho intramolecular Hbond substituents is 1. The Hall–Kier alpha value is -4.43. The minimum atomic E-state index is -3.94. The van der Waals surface area contributed by atoms with Crippen LogP contribution in [0.5, 0.6) is 5.75 Å². The van der Waals surface area contributed by atoms with E-state index in [0.717, 1.165) is 16.7 Å². The van der Waals surface area contributed by atoms with Gasteiger partial charge >= 0.3 is 0 Å². The molecule has 0 aromatic heterocycles. The van der Waals surface area contributed by atoms with Gasteiger partial charge in [0.25, 0.3) is 11.8 Å². The van der Waals surface area contributed by atoms with E-state index in [1.54, 1.807) is 24.3 Å². The fourth-order valence-electron chi connectivity index (χ4n) is 4.18. The van der Waals surface area contributed by atoms with E-state index in [0.29, 0.717) is 0 Å². The van der Waals surface area contributed by atoms with Crippen molar-refractivity contribution in [3.63, 3.8) is 0 Å². The molecule has 0 fully saturated rings. The third-order valence-electron chi connectivity index (χ3n) is 6.16. The van der Waals surface area contributed by atoms with E-state index in [2.05, 4.69) is 10.6 Å². The van der Waals surface area contributed by atoms with E-state index in [1.807, 2.05) is 43.3 Å². The van der Waals surface area contributed by atoms with Gasteiger partial charge in [-0.25, -0.2) is 8.42 Å². The Balaban J connectivity index is 1.36. The number of amides is 2. The zero-order valence-corrected chi connectivity index (χ0v) is 20.0. The Morgan fingerprint density at radius 1 is 0.861 bits per heavy atom. The first-order valence-electron chi connectivity index (χ1n) is 11.2. The van der Waals surface area contributed by atoms with Crippen molar-refractivity contribution < 1.29 is 23.1 Å². The van der Waals surface area contributed by atoms with E-state index in [9.17, 15) is 23.1 Å². The van der Waals surface area contributed by atoms with Gasteiger partial charge in [0.05, 0.1) is 27.1 Å². The predicted octanol–water partition coefficient (Wildman–Crippen LogP) is 4.95. The second-order valence-electron chi connectivity index (χ2n) is 8.53. The number of nitrogens with one attached hydrogen (secondary N) is 2. The summed E-state index contributed by atoms with van der Waals surface area (Å²) in [5.41, 5.74) is 3.16. The molecule has 1 heterocycles. The van der Waals surface area contributed by atoms with Crippen LogP contribution in [0.2, 0.25) is 0 Å². The van der Waals surface area contributed by atoms with E-state index >= 15 is 0 Å². The number of benzene rings is 4. The molecule has 3 N–H and O–H groups in total. The summed E-state index contributed by atoms with van der Waals surface area (Å²) in [6.45, 7) is 1.85. The number of rotatable bonds is 4. The molecule has 5 rings (SSSR count). The number of anilines is 1. The fraction of sp³-hybridized carbons (Fsp3) is 0.0714. The zero-order chi connectivity index (χ0) is 25.4. The number of carbonyl (C=O) groups is 2. The SMILES string of the molecule is C[C@@H](NC(=O)c1ccc2c(c1)NC(=O)c1ccccc1S2(=O)=O)c1ccc(-c2ccc(O)cc2)cc1. The lowest BCUT2D eigenvalue weighted by atomic mass is 10.0. The minimum absolute atomic E-state index is 0.0593. The van der Waals surface area contributed by atoms with E-state index in [-0.39, 0.29) is 38.4 Å². The summed E-state index contributed by atoms with van der Waals surface area (Å²) in [5, 5.41) is 15.0. The maximum absolute atomic E-state index is 13.1. The highest BCUT2D eigenvalue weighted by atomic mass is 32.2. The molecule has 0 aliphatic carbocycles. The maximum atomic E-state index is 13.1. The lowest BCUT2D eigenvalue weighted by molar-refractivity contribution is 0.0938. The first-order valence-corrected chi connectivity index (χ1v) is 12.7. The highest BCUT2D eigenvalue weighted by Crippen LogP contribution is 2.34. The quantitative estimate of drug-likeness (QED) is 0.369. The summed E-state index contributed by atoms with van der Waals surface area (Å²) in [5.74, 6) is -0.750. The molecule has 2 amide bonds. The zero-order valence-electron chi connectivity index (χ0n) is 19.2. The number of hydrogen-bond acceptors (Lipinski definition) is 5. The monoisotopic (exact) mass is 498 g/mol. The lowest BCUT2D eigenvalue weighted by Gasteiger charge is -2.16. The van der Waals surface area contributed by atoms with Crippen molar-refractivity contribution in [3.05, 3.63) is 108 Å². The Morgan fingerprint density at radius 2 is 1.50 bits per heavy atom. The molecule has 1 aliphatic heterocycles. The van der Waals surface area contributed by atoms with Crippen LogP contribution >= 0.6 is 0 Å². The highest BCUT2D eigenvalue weighted by molar-refractivity contribution is 7.91. The summed E-state index contributed by atoms with van der Waals surface area (Å²) in [4.78, 5) is 25.5. The third-order valence-corrected chi connectivity index (χ3v) is 8.03. The van der Waals surface area contributed by atoms with Crippen molar-refractivity contribution >= 4 is 27.3 Å². The molecule has 0 saturated carbocycles. The topological polar surface area (TPSA) is 113 Å². The summed E-state index contributed by atoms with van der Waals surface area (Å²) in [6.07, 6.45) is 0. The Bertz CT molecular complexity index is 1590. The van der Waals surface area contributed by atoms with Gasteiger partial charge in [-0.05, 0) is 66.1 Å². The van der Waals surface area contributed by atoms with Crippen LogP contribution in [0.25, 0.3) is 11.1 Å². The molecule has 1 aliphatic rings. The van der Waals surface area contributed by atoms with Crippen LogP contribution < -0.4 is 10.6 Å². The van der Waals surface area contributed by atoms with Gasteiger partial charge in [0.15, 0.2) is 0 Å². The molecule has 1 atom stereocenters. The smallest absolute Gasteiger partial charge is 0.257 e. The number of carbonyl (C=O) groups excluding carboxylic acids is 2. The van der Waals surface area contributed by atoms with Gasteiger partial charge in [0.1, 0.15) is 5.75 Å². The molecule has 0 saturated heterocycles. The van der Waals surface area contributed by atoms with Crippen molar-refractivity contribution in [3.8, 4) is 16.9 Å². The van der Waals surface area contributed by atoms with Crippen molar-refractivity contribution in [2.75, 3.05) is 5.32 Å². The average molecular weight is 499 g/mol. The molecular weight excluding hydrogens is 476 g/mol. The van der Waals surface area contributed by atoms with Crippen LogP contribution in [-0.2, 0) is 9.84 Å². The van der Waals surface area contributed by atoms with Crippen LogP contribution in [0.4, 0.5) is 5.69 Å². The molecule has 4 aromatic rings. The van der Waals surface area contributed by atoms with E-state index < -0.39 is 21.7 Å². The Kier molecular flexibility index (Phi) is 5.81. The average Bonchev–Trinajstić information content (AvgIpc) is 2.96. The molecule has 8 heteroatoms. The Morgan fingerprint density at radius 3 is 2.19 bits per heavy atom. The molecule has 7 nitrogen and oxygen atoms in total. The van der Waals surface area contributed by atoms with Crippen LogP contribution in [0, 0.1) is 0 Å².